The lowest BCUT2D eigenvalue weighted by atomic mass is 10.1. The van der Waals surface area contributed by atoms with Crippen LogP contribution in [0.4, 0.5) is 0 Å². The maximum Gasteiger partial charge on any atom is 0.0208 e. The van der Waals surface area contributed by atoms with Crippen LogP contribution in [0.1, 0.15) is 24.0 Å². The number of nitrogens with one attached hydrogen (secondary N) is 1. The predicted molar refractivity (Wildman–Crippen MR) is 51.0 cm³/mol. The fourth-order valence-electron chi connectivity index (χ4n) is 1.37. The smallest absolute Gasteiger partial charge is 0.0208 e. The van der Waals surface area contributed by atoms with Crippen LogP contribution in [0.25, 0.3) is 0 Å². The van der Waals surface area contributed by atoms with E-state index in [0.29, 0.717) is 0 Å². The molecule has 2 rings (SSSR count). The van der Waals surface area contributed by atoms with Crippen molar-refractivity contribution in [1.29, 1.82) is 0 Å². The van der Waals surface area contributed by atoms with Gasteiger partial charge in [0.25, 0.3) is 0 Å². The van der Waals surface area contributed by atoms with Gasteiger partial charge in [0, 0.05) is 12.6 Å². The van der Waals surface area contributed by atoms with Gasteiger partial charge in [-0.15, -0.1) is 0 Å². The number of rotatable bonds is 3. The van der Waals surface area contributed by atoms with Gasteiger partial charge in [0.15, 0.2) is 0 Å². The normalized spacial score (nSPS) is 16.4. The molecule has 0 aromatic heterocycles. The molecule has 1 nitrogen and oxygen atoms in total. The van der Waals surface area contributed by atoms with Gasteiger partial charge in [-0.2, -0.15) is 0 Å². The highest BCUT2D eigenvalue weighted by Gasteiger charge is 2.19. The van der Waals surface area contributed by atoms with Crippen LogP contribution in [0.3, 0.4) is 0 Å². The van der Waals surface area contributed by atoms with Crippen molar-refractivity contribution in [2.45, 2.75) is 32.4 Å². The highest BCUT2D eigenvalue weighted by molar-refractivity contribution is 5.22. The summed E-state index contributed by atoms with van der Waals surface area (Å²) in [5.41, 5.74) is 2.76. The Morgan fingerprint density at radius 2 is 2.25 bits per heavy atom. The minimum atomic E-state index is 0.811. The lowest BCUT2D eigenvalue weighted by Gasteiger charge is -2.03. The lowest BCUT2D eigenvalue weighted by molar-refractivity contribution is 0.687. The third kappa shape index (κ3) is 2.08. The van der Waals surface area contributed by atoms with Crippen molar-refractivity contribution in [3.8, 4) is 0 Å². The molecule has 1 fully saturated rings. The zero-order valence-electron chi connectivity index (χ0n) is 7.51. The number of aryl methyl sites for hydroxylation is 1. The van der Waals surface area contributed by atoms with Gasteiger partial charge in [-0.3, -0.25) is 0 Å². The molecule has 1 aromatic carbocycles. The molecule has 1 heteroatoms. The molecule has 0 heterocycles. The first kappa shape index (κ1) is 7.81. The Bertz CT molecular complexity index is 263. The summed E-state index contributed by atoms with van der Waals surface area (Å²) in [6, 6.07) is 9.50. The molecule has 0 atom stereocenters. The average Bonchev–Trinajstić information content (AvgIpc) is 2.84. The summed E-state index contributed by atoms with van der Waals surface area (Å²) in [7, 11) is 0. The highest BCUT2D eigenvalue weighted by atomic mass is 14.9. The van der Waals surface area contributed by atoms with Crippen molar-refractivity contribution in [1.82, 2.24) is 5.32 Å². The van der Waals surface area contributed by atoms with E-state index in [1.807, 2.05) is 0 Å². The Morgan fingerprint density at radius 3 is 2.92 bits per heavy atom. The van der Waals surface area contributed by atoms with E-state index < -0.39 is 0 Å². The topological polar surface area (TPSA) is 12.0 Å². The molecule has 0 saturated heterocycles. The van der Waals surface area contributed by atoms with E-state index in [4.69, 9.17) is 0 Å². The van der Waals surface area contributed by atoms with E-state index in [1.54, 1.807) is 0 Å². The van der Waals surface area contributed by atoms with Crippen molar-refractivity contribution < 1.29 is 0 Å². The van der Waals surface area contributed by atoms with Crippen molar-refractivity contribution in [2.75, 3.05) is 0 Å². The Kier molecular flexibility index (Phi) is 2.13. The van der Waals surface area contributed by atoms with Crippen LogP contribution < -0.4 is 5.32 Å². The van der Waals surface area contributed by atoms with Gasteiger partial charge in [0.05, 0.1) is 0 Å². The van der Waals surface area contributed by atoms with Crippen LogP contribution in [-0.2, 0) is 6.54 Å². The van der Waals surface area contributed by atoms with Crippen LogP contribution in [0.15, 0.2) is 24.3 Å². The molecular weight excluding hydrogens is 146 g/mol. The van der Waals surface area contributed by atoms with E-state index in [-0.39, 0.29) is 0 Å². The summed E-state index contributed by atoms with van der Waals surface area (Å²) < 4.78 is 0. The van der Waals surface area contributed by atoms with Gasteiger partial charge in [0.1, 0.15) is 0 Å². The summed E-state index contributed by atoms with van der Waals surface area (Å²) in [5, 5.41) is 3.50. The summed E-state index contributed by atoms with van der Waals surface area (Å²) in [6.45, 7) is 3.17. The van der Waals surface area contributed by atoms with E-state index in [9.17, 15) is 0 Å². The minimum absolute atomic E-state index is 0.811. The minimum Gasteiger partial charge on any atom is -0.310 e. The summed E-state index contributed by atoms with van der Waals surface area (Å²) in [5.74, 6) is 0. The number of benzene rings is 1. The molecule has 12 heavy (non-hydrogen) atoms. The molecular formula is C11H15N. The van der Waals surface area contributed by atoms with Crippen molar-refractivity contribution in [3.63, 3.8) is 0 Å². The molecule has 0 bridgehead atoms. The third-order valence-electron chi connectivity index (χ3n) is 2.25. The molecule has 0 amide bonds. The third-order valence-corrected chi connectivity index (χ3v) is 2.25. The zero-order valence-corrected chi connectivity index (χ0v) is 7.51. The first-order valence-corrected chi connectivity index (χ1v) is 4.63. The van der Waals surface area contributed by atoms with Gasteiger partial charge >= 0.3 is 0 Å². The highest BCUT2D eigenvalue weighted by Crippen LogP contribution is 2.19. The Hall–Kier alpha value is -0.820. The second-order valence-corrected chi connectivity index (χ2v) is 3.64. The second-order valence-electron chi connectivity index (χ2n) is 3.64. The van der Waals surface area contributed by atoms with E-state index in [1.165, 1.54) is 24.0 Å². The van der Waals surface area contributed by atoms with Gasteiger partial charge < -0.3 is 5.32 Å². The van der Waals surface area contributed by atoms with Crippen LogP contribution >= 0.6 is 0 Å². The van der Waals surface area contributed by atoms with Crippen LogP contribution in [0.5, 0.6) is 0 Å². The standard InChI is InChI=1S/C11H15N/c1-9-3-2-4-10(7-9)8-12-11-5-6-11/h2-4,7,11-12H,5-6,8H2,1H3. The molecule has 1 saturated carbocycles. The van der Waals surface area contributed by atoms with Crippen LogP contribution in [0.2, 0.25) is 0 Å². The quantitative estimate of drug-likeness (QED) is 0.717. The molecule has 1 aromatic rings. The number of hydrogen-bond donors (Lipinski definition) is 1. The fourth-order valence-corrected chi connectivity index (χ4v) is 1.37. The van der Waals surface area contributed by atoms with E-state index >= 15 is 0 Å². The van der Waals surface area contributed by atoms with Gasteiger partial charge in [-0.1, -0.05) is 29.8 Å². The zero-order chi connectivity index (χ0) is 8.39. The molecule has 1 aliphatic rings. The van der Waals surface area contributed by atoms with E-state index in [0.717, 1.165) is 12.6 Å². The summed E-state index contributed by atoms with van der Waals surface area (Å²) >= 11 is 0. The van der Waals surface area contributed by atoms with E-state index in [2.05, 4.69) is 36.5 Å². The van der Waals surface area contributed by atoms with Crippen molar-refractivity contribution in [3.05, 3.63) is 35.4 Å². The Balaban J connectivity index is 1.92. The Morgan fingerprint density at radius 1 is 1.42 bits per heavy atom. The maximum absolute atomic E-state index is 3.50. The SMILES string of the molecule is Cc1cccc(CNC2CC2)c1. The van der Waals surface area contributed by atoms with Crippen molar-refractivity contribution in [2.24, 2.45) is 0 Å². The number of hydrogen-bond acceptors (Lipinski definition) is 1. The molecule has 0 radical (unpaired) electrons. The molecule has 1 aliphatic carbocycles. The second kappa shape index (κ2) is 3.28. The maximum atomic E-state index is 3.50. The summed E-state index contributed by atoms with van der Waals surface area (Å²) in [6.07, 6.45) is 2.73. The first-order chi connectivity index (χ1) is 5.84. The summed E-state index contributed by atoms with van der Waals surface area (Å²) in [4.78, 5) is 0. The monoisotopic (exact) mass is 161 g/mol. The van der Waals surface area contributed by atoms with Crippen molar-refractivity contribution >= 4 is 0 Å². The van der Waals surface area contributed by atoms with Crippen LogP contribution in [-0.4, -0.2) is 6.04 Å². The molecule has 0 aliphatic heterocycles. The van der Waals surface area contributed by atoms with Gasteiger partial charge in [-0.25, -0.2) is 0 Å². The first-order valence-electron chi connectivity index (χ1n) is 4.63. The fraction of sp³-hybridized carbons (Fsp3) is 0.455. The van der Waals surface area contributed by atoms with Crippen LogP contribution in [0, 0.1) is 6.92 Å². The molecule has 64 valence electrons. The average molecular weight is 161 g/mol. The molecule has 0 spiro atoms. The molecule has 0 unspecified atom stereocenters. The largest absolute Gasteiger partial charge is 0.310 e. The van der Waals surface area contributed by atoms with Gasteiger partial charge in [-0.05, 0) is 25.3 Å². The van der Waals surface area contributed by atoms with Gasteiger partial charge in [0.2, 0.25) is 0 Å². The Labute approximate surface area is 73.8 Å². The molecule has 1 N–H and O–H groups in total. The lowest BCUT2D eigenvalue weighted by Crippen LogP contribution is -2.15. The predicted octanol–water partition coefficient (Wildman–Crippen LogP) is 2.25.